The first kappa shape index (κ1) is 18.5. The van der Waals surface area contributed by atoms with Crippen LogP contribution in [0, 0.1) is 5.92 Å². The van der Waals surface area contributed by atoms with Crippen LogP contribution >= 0.6 is 23.4 Å². The maximum Gasteiger partial charge on any atom is 0.266 e. The fourth-order valence-corrected chi connectivity index (χ4v) is 3.60. The lowest BCUT2D eigenvalue weighted by atomic mass is 10.2. The van der Waals surface area contributed by atoms with E-state index in [9.17, 15) is 9.90 Å². The van der Waals surface area contributed by atoms with Crippen LogP contribution in [0.3, 0.4) is 0 Å². The Kier molecular flexibility index (Phi) is 5.69. The van der Waals surface area contributed by atoms with Gasteiger partial charge in [0.05, 0.1) is 10.6 Å². The summed E-state index contributed by atoms with van der Waals surface area (Å²) in [5.74, 6) is 0.469. The van der Waals surface area contributed by atoms with Crippen LogP contribution in [0.1, 0.15) is 19.4 Å². The summed E-state index contributed by atoms with van der Waals surface area (Å²) in [6.07, 6.45) is 1.82. The number of rotatable bonds is 4. The summed E-state index contributed by atoms with van der Waals surface area (Å²) in [4.78, 5) is 19.8. The summed E-state index contributed by atoms with van der Waals surface area (Å²) >= 11 is 7.29. The lowest BCUT2D eigenvalue weighted by Crippen LogP contribution is -2.32. The van der Waals surface area contributed by atoms with Gasteiger partial charge in [0.2, 0.25) is 0 Å². The van der Waals surface area contributed by atoms with Gasteiger partial charge in [-0.1, -0.05) is 37.6 Å². The Morgan fingerprint density at radius 3 is 2.42 bits per heavy atom. The third kappa shape index (κ3) is 4.48. The van der Waals surface area contributed by atoms with E-state index in [2.05, 4.69) is 18.8 Å². The molecule has 1 heterocycles. The predicted octanol–water partition coefficient (Wildman–Crippen LogP) is 5.31. The van der Waals surface area contributed by atoms with Gasteiger partial charge in [-0.3, -0.25) is 9.69 Å². The number of nitrogens with zero attached hydrogens (tertiary/aromatic N) is 2. The fraction of sp³-hybridized carbons (Fsp3) is 0.200. The number of aromatic hydroxyl groups is 1. The number of phenolic OH excluding ortho intramolecular Hbond substituents is 1. The molecule has 6 heteroatoms. The van der Waals surface area contributed by atoms with Crippen molar-refractivity contribution in [3.05, 3.63) is 64.0 Å². The third-order valence-electron chi connectivity index (χ3n) is 3.68. The smallest absolute Gasteiger partial charge is 0.266 e. The molecule has 1 aliphatic heterocycles. The Morgan fingerprint density at radius 2 is 1.81 bits per heavy atom. The molecule has 134 valence electrons. The molecule has 0 atom stereocenters. The van der Waals surface area contributed by atoms with Crippen LogP contribution in [0.15, 0.2) is 58.4 Å². The van der Waals surface area contributed by atoms with E-state index in [1.54, 1.807) is 41.3 Å². The van der Waals surface area contributed by atoms with Crippen LogP contribution in [0.25, 0.3) is 6.08 Å². The molecular weight excluding hydrogens is 368 g/mol. The van der Waals surface area contributed by atoms with Crippen LogP contribution in [0.4, 0.5) is 5.69 Å². The maximum absolute atomic E-state index is 12.9. The van der Waals surface area contributed by atoms with E-state index in [4.69, 9.17) is 11.6 Å². The highest BCUT2D eigenvalue weighted by Gasteiger charge is 2.33. The van der Waals surface area contributed by atoms with Crippen LogP contribution in [0.2, 0.25) is 5.02 Å². The van der Waals surface area contributed by atoms with Gasteiger partial charge in [-0.2, -0.15) is 0 Å². The van der Waals surface area contributed by atoms with Crippen molar-refractivity contribution >= 4 is 46.2 Å². The van der Waals surface area contributed by atoms with Crippen LogP contribution in [0.5, 0.6) is 5.75 Å². The number of thioether (sulfide) groups is 1. The Labute approximate surface area is 162 Å². The molecule has 0 radical (unpaired) electrons. The van der Waals surface area contributed by atoms with Crippen LogP contribution < -0.4 is 0 Å². The second-order valence-corrected chi connectivity index (χ2v) is 7.83. The van der Waals surface area contributed by atoms with Crippen molar-refractivity contribution in [2.24, 2.45) is 10.9 Å². The van der Waals surface area contributed by atoms with E-state index >= 15 is 0 Å². The molecule has 1 N–H and O–H groups in total. The highest BCUT2D eigenvalue weighted by molar-refractivity contribution is 8.18. The Bertz CT molecular complexity index is 858. The van der Waals surface area contributed by atoms with Gasteiger partial charge < -0.3 is 5.11 Å². The number of hydrogen-bond acceptors (Lipinski definition) is 4. The number of carbonyl (C=O) groups excluding carboxylic acids is 1. The van der Waals surface area contributed by atoms with Crippen molar-refractivity contribution in [2.45, 2.75) is 13.8 Å². The number of phenols is 1. The number of halogens is 1. The summed E-state index contributed by atoms with van der Waals surface area (Å²) in [6, 6.07) is 14.0. The molecule has 4 nitrogen and oxygen atoms in total. The number of amidine groups is 1. The molecule has 0 aromatic heterocycles. The Balaban J connectivity index is 1.93. The van der Waals surface area contributed by atoms with Crippen molar-refractivity contribution in [2.75, 3.05) is 6.54 Å². The largest absolute Gasteiger partial charge is 0.508 e. The van der Waals surface area contributed by atoms with E-state index in [1.807, 2.05) is 18.2 Å². The monoisotopic (exact) mass is 386 g/mol. The molecular formula is C20H19ClN2O2S. The molecule has 1 saturated heterocycles. The van der Waals surface area contributed by atoms with Crippen molar-refractivity contribution < 1.29 is 9.90 Å². The van der Waals surface area contributed by atoms with E-state index in [1.165, 1.54) is 11.8 Å². The van der Waals surface area contributed by atoms with Gasteiger partial charge in [-0.25, -0.2) is 4.99 Å². The quantitative estimate of drug-likeness (QED) is 0.725. The molecule has 1 aliphatic rings. The highest BCUT2D eigenvalue weighted by Crippen LogP contribution is 2.35. The van der Waals surface area contributed by atoms with Gasteiger partial charge in [0.15, 0.2) is 5.17 Å². The van der Waals surface area contributed by atoms with E-state index in [0.717, 1.165) is 11.3 Å². The molecule has 2 aromatic carbocycles. The van der Waals surface area contributed by atoms with Gasteiger partial charge in [-0.05, 0) is 65.7 Å². The number of benzene rings is 2. The van der Waals surface area contributed by atoms with Crippen molar-refractivity contribution in [1.29, 1.82) is 0 Å². The normalized spacial score (nSPS) is 17.7. The summed E-state index contributed by atoms with van der Waals surface area (Å²) < 4.78 is 0. The molecule has 0 spiro atoms. The summed E-state index contributed by atoms with van der Waals surface area (Å²) in [5.41, 5.74) is 1.61. The average Bonchev–Trinajstić information content (AvgIpc) is 2.87. The SMILES string of the molecule is CC(C)CN1C(=O)/C(=C/c2ccc(O)cc2)SC1=Nc1ccc(Cl)cc1. The van der Waals surface area contributed by atoms with Gasteiger partial charge in [-0.15, -0.1) is 0 Å². The zero-order chi connectivity index (χ0) is 18.7. The topological polar surface area (TPSA) is 52.9 Å². The molecule has 26 heavy (non-hydrogen) atoms. The number of hydrogen-bond donors (Lipinski definition) is 1. The highest BCUT2D eigenvalue weighted by atomic mass is 35.5. The zero-order valence-corrected chi connectivity index (χ0v) is 16.1. The maximum atomic E-state index is 12.9. The predicted molar refractivity (Wildman–Crippen MR) is 109 cm³/mol. The minimum absolute atomic E-state index is 0.0514. The number of carbonyl (C=O) groups is 1. The summed E-state index contributed by atoms with van der Waals surface area (Å²) in [5, 5.41) is 10.7. The molecule has 0 bridgehead atoms. The average molecular weight is 387 g/mol. The second-order valence-electron chi connectivity index (χ2n) is 6.38. The lowest BCUT2D eigenvalue weighted by molar-refractivity contribution is -0.122. The van der Waals surface area contributed by atoms with Crippen molar-refractivity contribution in [3.63, 3.8) is 0 Å². The fourth-order valence-electron chi connectivity index (χ4n) is 2.47. The molecule has 3 rings (SSSR count). The summed E-state index contributed by atoms with van der Waals surface area (Å²) in [6.45, 7) is 4.74. The number of amides is 1. The van der Waals surface area contributed by atoms with Crippen LogP contribution in [-0.2, 0) is 4.79 Å². The van der Waals surface area contributed by atoms with Crippen molar-refractivity contribution in [1.82, 2.24) is 4.90 Å². The molecule has 0 unspecified atom stereocenters. The second kappa shape index (κ2) is 7.98. The van der Waals surface area contributed by atoms with E-state index in [0.29, 0.717) is 27.6 Å². The first-order chi connectivity index (χ1) is 12.4. The molecule has 1 amide bonds. The van der Waals surface area contributed by atoms with Gasteiger partial charge in [0.25, 0.3) is 5.91 Å². The minimum Gasteiger partial charge on any atom is -0.508 e. The van der Waals surface area contributed by atoms with E-state index in [-0.39, 0.29) is 11.7 Å². The Morgan fingerprint density at radius 1 is 1.15 bits per heavy atom. The molecule has 2 aromatic rings. The minimum atomic E-state index is -0.0514. The van der Waals surface area contributed by atoms with Gasteiger partial charge in [0, 0.05) is 11.6 Å². The molecule has 0 saturated carbocycles. The first-order valence-electron chi connectivity index (χ1n) is 8.27. The first-order valence-corrected chi connectivity index (χ1v) is 9.46. The van der Waals surface area contributed by atoms with Gasteiger partial charge >= 0.3 is 0 Å². The zero-order valence-electron chi connectivity index (χ0n) is 14.5. The van der Waals surface area contributed by atoms with Crippen molar-refractivity contribution in [3.8, 4) is 5.75 Å². The Hall–Kier alpha value is -2.24. The van der Waals surface area contributed by atoms with Crippen LogP contribution in [-0.4, -0.2) is 27.6 Å². The standard InChI is InChI=1S/C20H19ClN2O2S/c1-13(2)12-23-19(25)18(11-14-3-9-17(24)10-4-14)26-20(23)22-16-7-5-15(21)6-8-16/h3-11,13,24H,12H2,1-2H3/b18-11-,22-20?. The lowest BCUT2D eigenvalue weighted by Gasteiger charge is -2.17. The third-order valence-corrected chi connectivity index (χ3v) is 4.94. The summed E-state index contributed by atoms with van der Waals surface area (Å²) in [7, 11) is 0. The molecule has 1 fully saturated rings. The number of aliphatic imine (C=N–C) groups is 1. The van der Waals surface area contributed by atoms with Gasteiger partial charge in [0.1, 0.15) is 5.75 Å². The van der Waals surface area contributed by atoms with E-state index < -0.39 is 0 Å². The molecule has 0 aliphatic carbocycles.